The minimum atomic E-state index is -1.17. The first kappa shape index (κ1) is 16.0. The summed E-state index contributed by atoms with van der Waals surface area (Å²) >= 11 is 1.32. The average molecular weight is 361 g/mol. The average Bonchev–Trinajstić information content (AvgIpc) is 3.16. The van der Waals surface area contributed by atoms with E-state index in [9.17, 15) is 24.6 Å². The highest BCUT2D eigenvalue weighted by molar-refractivity contribution is 7.18. The van der Waals surface area contributed by atoms with E-state index < -0.39 is 18.0 Å². The van der Waals surface area contributed by atoms with Gasteiger partial charge < -0.3 is 15.1 Å². The van der Waals surface area contributed by atoms with Crippen molar-refractivity contribution >= 4 is 39.9 Å². The van der Waals surface area contributed by atoms with Crippen molar-refractivity contribution in [3.8, 4) is 0 Å². The van der Waals surface area contributed by atoms with Gasteiger partial charge in [0.1, 0.15) is 10.5 Å². The fraction of sp³-hybridized carbons (Fsp3) is 0.375. The predicted octanol–water partition coefficient (Wildman–Crippen LogP) is 0.861. The standard InChI is InChI=1S/C16H15N3O5S/c1-6-11(8-4-18-9(5-20)17-3-10(18)25-8)14(16(23)24)19-13(6)12(7(2)21)15(19)22/h3-7,12-13,21H,1-2H3,(H,23,24)/t6-,7+,12+,13+/m0/s1. The zero-order valence-corrected chi connectivity index (χ0v) is 14.2. The first-order chi connectivity index (χ1) is 11.9. The van der Waals surface area contributed by atoms with Crippen molar-refractivity contribution in [2.24, 2.45) is 11.8 Å². The molecule has 0 aliphatic carbocycles. The molecule has 2 aromatic rings. The molecule has 9 heteroatoms. The van der Waals surface area contributed by atoms with Gasteiger partial charge in [0, 0.05) is 17.7 Å². The van der Waals surface area contributed by atoms with Gasteiger partial charge in [0.05, 0.1) is 29.1 Å². The molecule has 1 saturated heterocycles. The van der Waals surface area contributed by atoms with E-state index in [1.807, 2.05) is 6.92 Å². The predicted molar refractivity (Wildman–Crippen MR) is 88.0 cm³/mol. The molecule has 130 valence electrons. The van der Waals surface area contributed by atoms with Crippen LogP contribution in [0.2, 0.25) is 0 Å². The number of imidazole rings is 1. The van der Waals surface area contributed by atoms with E-state index in [0.29, 0.717) is 21.6 Å². The lowest BCUT2D eigenvalue weighted by Gasteiger charge is -2.46. The minimum absolute atomic E-state index is 0.0375. The Labute approximate surface area is 146 Å². The summed E-state index contributed by atoms with van der Waals surface area (Å²) in [6, 6.07) is -0.362. The number of aldehydes is 1. The summed E-state index contributed by atoms with van der Waals surface area (Å²) in [4.78, 5) is 41.9. The molecule has 1 amide bonds. The largest absolute Gasteiger partial charge is 0.477 e. The molecule has 0 bridgehead atoms. The van der Waals surface area contributed by atoms with Gasteiger partial charge in [0.2, 0.25) is 5.91 Å². The Bertz CT molecular complexity index is 956. The second kappa shape index (κ2) is 5.24. The van der Waals surface area contributed by atoms with Gasteiger partial charge in [-0.3, -0.25) is 14.0 Å². The van der Waals surface area contributed by atoms with Crippen molar-refractivity contribution in [3.63, 3.8) is 0 Å². The number of thiazole rings is 1. The third kappa shape index (κ3) is 1.96. The highest BCUT2D eigenvalue weighted by atomic mass is 32.1. The topological polar surface area (TPSA) is 112 Å². The van der Waals surface area contributed by atoms with Crippen LogP contribution in [0.1, 0.15) is 29.3 Å². The molecule has 0 spiro atoms. The number of hydrogen-bond acceptors (Lipinski definition) is 6. The Kier molecular flexibility index (Phi) is 3.35. The molecule has 2 aliphatic rings. The second-order valence-electron chi connectivity index (χ2n) is 6.36. The fourth-order valence-electron chi connectivity index (χ4n) is 3.93. The van der Waals surface area contributed by atoms with Crippen LogP contribution in [0.25, 0.3) is 10.4 Å². The number of carboxylic acids is 1. The van der Waals surface area contributed by atoms with E-state index in [1.165, 1.54) is 16.2 Å². The molecule has 4 atom stereocenters. The normalized spacial score (nSPS) is 26.8. The lowest BCUT2D eigenvalue weighted by atomic mass is 9.77. The molecule has 25 heavy (non-hydrogen) atoms. The van der Waals surface area contributed by atoms with Crippen molar-refractivity contribution in [1.82, 2.24) is 14.3 Å². The Morgan fingerprint density at radius 3 is 2.80 bits per heavy atom. The Hall–Kier alpha value is -2.52. The van der Waals surface area contributed by atoms with Crippen LogP contribution in [0.15, 0.2) is 18.1 Å². The summed E-state index contributed by atoms with van der Waals surface area (Å²) in [7, 11) is 0. The van der Waals surface area contributed by atoms with E-state index >= 15 is 0 Å². The van der Waals surface area contributed by atoms with Gasteiger partial charge in [0.15, 0.2) is 12.1 Å². The third-order valence-electron chi connectivity index (χ3n) is 5.00. The number of rotatable bonds is 4. The van der Waals surface area contributed by atoms with Crippen molar-refractivity contribution in [2.75, 3.05) is 0 Å². The van der Waals surface area contributed by atoms with E-state index in [-0.39, 0.29) is 29.4 Å². The highest BCUT2D eigenvalue weighted by Gasteiger charge is 2.60. The molecule has 0 unspecified atom stereocenters. The van der Waals surface area contributed by atoms with Crippen molar-refractivity contribution in [1.29, 1.82) is 0 Å². The third-order valence-corrected chi connectivity index (χ3v) is 6.05. The number of aromatic nitrogens is 2. The van der Waals surface area contributed by atoms with Crippen molar-refractivity contribution < 1.29 is 24.6 Å². The molecule has 8 nitrogen and oxygen atoms in total. The van der Waals surface area contributed by atoms with Gasteiger partial charge in [-0.1, -0.05) is 6.92 Å². The van der Waals surface area contributed by atoms with Crippen molar-refractivity contribution in [2.45, 2.75) is 26.0 Å². The number of carboxylic acid groups (broad SMARTS) is 1. The first-order valence-corrected chi connectivity index (χ1v) is 8.59. The molecule has 2 N–H and O–H groups in total. The van der Waals surface area contributed by atoms with Crippen LogP contribution >= 0.6 is 11.3 Å². The number of aliphatic hydroxyl groups is 1. The van der Waals surface area contributed by atoms with Crippen LogP contribution in [0.4, 0.5) is 0 Å². The Morgan fingerprint density at radius 1 is 1.48 bits per heavy atom. The van der Waals surface area contributed by atoms with Crippen LogP contribution < -0.4 is 0 Å². The number of carbonyl (C=O) groups excluding carboxylic acids is 2. The van der Waals surface area contributed by atoms with Gasteiger partial charge in [-0.05, 0) is 6.92 Å². The molecule has 0 radical (unpaired) electrons. The van der Waals surface area contributed by atoms with Gasteiger partial charge in [-0.2, -0.15) is 0 Å². The molecule has 2 aliphatic heterocycles. The summed E-state index contributed by atoms with van der Waals surface area (Å²) in [5.74, 6) is -2.13. The molecule has 4 heterocycles. The number of fused-ring (bicyclic) bond motifs is 2. The van der Waals surface area contributed by atoms with Gasteiger partial charge in [0.25, 0.3) is 0 Å². The second-order valence-corrected chi connectivity index (χ2v) is 7.42. The monoisotopic (exact) mass is 361 g/mol. The number of aliphatic carboxylic acids is 1. The van der Waals surface area contributed by atoms with Crippen LogP contribution in [0.3, 0.4) is 0 Å². The Morgan fingerprint density at radius 2 is 2.20 bits per heavy atom. The van der Waals surface area contributed by atoms with Gasteiger partial charge >= 0.3 is 5.97 Å². The smallest absolute Gasteiger partial charge is 0.352 e. The molecular weight excluding hydrogens is 346 g/mol. The maximum absolute atomic E-state index is 12.4. The number of amides is 1. The SMILES string of the molecule is C[C@@H](O)[C@H]1C(=O)N2C(C(=O)O)=C(c3cn4c(C=O)ncc4s3)[C@H](C)[C@H]12. The van der Waals surface area contributed by atoms with Gasteiger partial charge in [-0.15, -0.1) is 11.3 Å². The lowest BCUT2D eigenvalue weighted by Crippen LogP contribution is -2.63. The number of β-lactam (4-membered cyclic amide) rings is 1. The summed E-state index contributed by atoms with van der Waals surface area (Å²) in [5.41, 5.74) is 0.518. The molecule has 2 aromatic heterocycles. The van der Waals surface area contributed by atoms with Gasteiger partial charge in [-0.25, -0.2) is 9.78 Å². The number of nitrogens with zero attached hydrogens (tertiary/aromatic N) is 3. The van der Waals surface area contributed by atoms with E-state index in [1.54, 1.807) is 23.7 Å². The molecule has 1 fully saturated rings. The van der Waals surface area contributed by atoms with Crippen LogP contribution in [0.5, 0.6) is 0 Å². The molecule has 0 aromatic carbocycles. The first-order valence-electron chi connectivity index (χ1n) is 7.77. The lowest BCUT2D eigenvalue weighted by molar-refractivity contribution is -0.163. The molecule has 0 saturated carbocycles. The quantitative estimate of drug-likeness (QED) is 0.617. The maximum Gasteiger partial charge on any atom is 0.352 e. The van der Waals surface area contributed by atoms with Crippen LogP contribution in [0, 0.1) is 11.8 Å². The number of hydrogen-bond donors (Lipinski definition) is 2. The Balaban J connectivity index is 1.86. The fourth-order valence-corrected chi connectivity index (χ4v) is 5.05. The van der Waals surface area contributed by atoms with E-state index in [4.69, 9.17) is 0 Å². The summed E-state index contributed by atoms with van der Waals surface area (Å²) in [5, 5.41) is 19.5. The zero-order valence-electron chi connectivity index (χ0n) is 13.4. The molecule has 4 rings (SSSR count). The summed E-state index contributed by atoms with van der Waals surface area (Å²) in [6.07, 6.45) is 3.03. The number of aliphatic hydroxyl groups excluding tert-OH is 1. The van der Waals surface area contributed by atoms with Crippen LogP contribution in [-0.2, 0) is 9.59 Å². The maximum atomic E-state index is 12.4. The van der Waals surface area contributed by atoms with Crippen molar-refractivity contribution in [3.05, 3.63) is 28.8 Å². The minimum Gasteiger partial charge on any atom is -0.477 e. The molecular formula is C16H15N3O5S. The van der Waals surface area contributed by atoms with E-state index in [0.717, 1.165) is 0 Å². The summed E-state index contributed by atoms with van der Waals surface area (Å²) < 4.78 is 1.61. The summed E-state index contributed by atoms with van der Waals surface area (Å²) in [6.45, 7) is 3.40. The zero-order chi connectivity index (χ0) is 18.0. The highest BCUT2D eigenvalue weighted by Crippen LogP contribution is 2.51. The van der Waals surface area contributed by atoms with E-state index in [2.05, 4.69) is 4.98 Å². The van der Waals surface area contributed by atoms with Crippen LogP contribution in [-0.4, -0.2) is 54.8 Å². The number of carbonyl (C=O) groups is 3.